The van der Waals surface area contributed by atoms with Crippen molar-refractivity contribution >= 4 is 11.9 Å². The largest absolute Gasteiger partial charge is 0.492 e. The van der Waals surface area contributed by atoms with Gasteiger partial charge in [0.2, 0.25) is 0 Å². The Bertz CT molecular complexity index is 778. The van der Waals surface area contributed by atoms with Crippen molar-refractivity contribution in [3.05, 3.63) is 53.8 Å². The number of aliphatic carboxylic acids is 1. The van der Waals surface area contributed by atoms with Gasteiger partial charge in [0.1, 0.15) is 18.2 Å². The minimum Gasteiger partial charge on any atom is -0.492 e. The maximum Gasteiger partial charge on any atom is 0.341 e. The summed E-state index contributed by atoms with van der Waals surface area (Å²) in [5.74, 6) is -0.769. The van der Waals surface area contributed by atoms with Gasteiger partial charge in [-0.05, 0) is 49.4 Å². The highest BCUT2D eigenvalue weighted by molar-refractivity contribution is 5.94. The Morgan fingerprint density at radius 2 is 1.78 bits per heavy atom. The molecule has 0 aliphatic carbocycles. The minimum absolute atomic E-state index is 0.218. The molecule has 2 aromatic rings. The van der Waals surface area contributed by atoms with E-state index in [2.05, 4.69) is 5.32 Å². The lowest BCUT2D eigenvalue weighted by molar-refractivity contribution is -0.139. The van der Waals surface area contributed by atoms with Gasteiger partial charge >= 0.3 is 5.97 Å². The van der Waals surface area contributed by atoms with Crippen LogP contribution in [0.25, 0.3) is 0 Å². The Kier molecular flexibility index (Phi) is 7.42. The smallest absolute Gasteiger partial charge is 0.341 e. The van der Waals surface area contributed by atoms with Crippen molar-refractivity contribution in [3.63, 3.8) is 0 Å². The standard InChI is InChI=1S/C19H20FNO6/c1-2-25-17-11-13(3-8-16(17)27-12-18(22)23)19(24)21-9-10-26-15-6-4-14(20)5-7-15/h3-8,11H,2,9-10,12H2,1H3,(H,21,24)(H,22,23). The van der Waals surface area contributed by atoms with E-state index in [1.165, 1.54) is 42.5 Å². The molecule has 0 saturated heterocycles. The Balaban J connectivity index is 1.89. The molecule has 0 atom stereocenters. The molecule has 2 rings (SSSR count). The van der Waals surface area contributed by atoms with Gasteiger partial charge in [0.15, 0.2) is 18.1 Å². The monoisotopic (exact) mass is 377 g/mol. The van der Waals surface area contributed by atoms with E-state index < -0.39 is 12.6 Å². The van der Waals surface area contributed by atoms with Crippen LogP contribution in [0.5, 0.6) is 17.2 Å². The third-order valence-corrected chi connectivity index (χ3v) is 3.33. The first-order valence-corrected chi connectivity index (χ1v) is 8.27. The Hall–Kier alpha value is -3.29. The number of ether oxygens (including phenoxy) is 3. The molecule has 0 radical (unpaired) electrons. The second-order valence-electron chi connectivity index (χ2n) is 5.34. The van der Waals surface area contributed by atoms with Crippen LogP contribution in [0.1, 0.15) is 17.3 Å². The van der Waals surface area contributed by atoms with Gasteiger partial charge in [0.25, 0.3) is 5.91 Å². The molecule has 0 unspecified atom stereocenters. The molecule has 7 nitrogen and oxygen atoms in total. The maximum atomic E-state index is 12.8. The SMILES string of the molecule is CCOc1cc(C(=O)NCCOc2ccc(F)cc2)ccc1OCC(=O)O. The summed E-state index contributed by atoms with van der Waals surface area (Å²) in [5.41, 5.74) is 0.336. The number of hydrogen-bond acceptors (Lipinski definition) is 5. The molecule has 0 fully saturated rings. The highest BCUT2D eigenvalue weighted by atomic mass is 19.1. The van der Waals surface area contributed by atoms with E-state index in [1.807, 2.05) is 0 Å². The molecule has 0 heterocycles. The summed E-state index contributed by atoms with van der Waals surface area (Å²) in [6, 6.07) is 10.1. The number of carbonyl (C=O) groups is 2. The van der Waals surface area contributed by atoms with E-state index in [0.717, 1.165) is 0 Å². The van der Waals surface area contributed by atoms with E-state index >= 15 is 0 Å². The van der Waals surface area contributed by atoms with E-state index in [4.69, 9.17) is 19.3 Å². The number of halogens is 1. The fourth-order valence-corrected chi connectivity index (χ4v) is 2.14. The van der Waals surface area contributed by atoms with Crippen LogP contribution in [0.3, 0.4) is 0 Å². The minimum atomic E-state index is -1.11. The van der Waals surface area contributed by atoms with Crippen LogP contribution in [-0.2, 0) is 4.79 Å². The third-order valence-electron chi connectivity index (χ3n) is 3.33. The molecule has 0 saturated carbocycles. The number of carbonyl (C=O) groups excluding carboxylic acids is 1. The molecule has 0 spiro atoms. The summed E-state index contributed by atoms with van der Waals surface area (Å²) >= 11 is 0. The number of amides is 1. The zero-order valence-corrected chi connectivity index (χ0v) is 14.7. The summed E-state index contributed by atoms with van der Waals surface area (Å²) in [4.78, 5) is 22.9. The first kappa shape index (κ1) is 20.0. The molecule has 0 aliphatic heterocycles. The van der Waals surface area contributed by atoms with Crippen LogP contribution in [-0.4, -0.2) is 43.3 Å². The van der Waals surface area contributed by atoms with Crippen molar-refractivity contribution in [1.29, 1.82) is 0 Å². The van der Waals surface area contributed by atoms with Crippen LogP contribution >= 0.6 is 0 Å². The number of carboxylic acid groups (broad SMARTS) is 1. The fourth-order valence-electron chi connectivity index (χ4n) is 2.14. The first-order valence-electron chi connectivity index (χ1n) is 8.27. The van der Waals surface area contributed by atoms with E-state index in [-0.39, 0.29) is 36.4 Å². The van der Waals surface area contributed by atoms with Gasteiger partial charge in [0, 0.05) is 5.56 Å². The molecule has 8 heteroatoms. The zero-order valence-electron chi connectivity index (χ0n) is 14.7. The average molecular weight is 377 g/mol. The predicted molar refractivity (Wildman–Crippen MR) is 95.0 cm³/mol. The lowest BCUT2D eigenvalue weighted by Gasteiger charge is -2.12. The number of carboxylic acids is 1. The highest BCUT2D eigenvalue weighted by Crippen LogP contribution is 2.28. The predicted octanol–water partition coefficient (Wildman–Crippen LogP) is 2.50. The lowest BCUT2D eigenvalue weighted by Crippen LogP contribution is -2.28. The van der Waals surface area contributed by atoms with Gasteiger partial charge in [-0.25, -0.2) is 9.18 Å². The summed E-state index contributed by atoms with van der Waals surface area (Å²) in [6.07, 6.45) is 0. The molecular weight excluding hydrogens is 357 g/mol. The van der Waals surface area contributed by atoms with Gasteiger partial charge in [-0.15, -0.1) is 0 Å². The van der Waals surface area contributed by atoms with Crippen LogP contribution < -0.4 is 19.5 Å². The number of rotatable bonds is 10. The van der Waals surface area contributed by atoms with Crippen molar-refractivity contribution in [3.8, 4) is 17.2 Å². The molecular formula is C19H20FNO6. The molecule has 1 amide bonds. The summed E-state index contributed by atoms with van der Waals surface area (Å²) in [5, 5.41) is 11.4. The average Bonchev–Trinajstić information content (AvgIpc) is 2.65. The molecule has 2 aromatic carbocycles. The highest BCUT2D eigenvalue weighted by Gasteiger charge is 2.12. The van der Waals surface area contributed by atoms with Gasteiger partial charge in [-0.2, -0.15) is 0 Å². The fraction of sp³-hybridized carbons (Fsp3) is 0.263. The number of hydrogen-bond donors (Lipinski definition) is 2. The van der Waals surface area contributed by atoms with E-state index in [9.17, 15) is 14.0 Å². The molecule has 144 valence electrons. The Labute approximate surface area is 155 Å². The van der Waals surface area contributed by atoms with Gasteiger partial charge in [0.05, 0.1) is 13.2 Å². The third kappa shape index (κ3) is 6.50. The first-order chi connectivity index (χ1) is 13.0. The Morgan fingerprint density at radius 3 is 2.44 bits per heavy atom. The van der Waals surface area contributed by atoms with Crippen LogP contribution in [0.15, 0.2) is 42.5 Å². The van der Waals surface area contributed by atoms with Crippen LogP contribution in [0.4, 0.5) is 4.39 Å². The lowest BCUT2D eigenvalue weighted by atomic mass is 10.2. The van der Waals surface area contributed by atoms with Gasteiger partial charge < -0.3 is 24.6 Å². The molecule has 27 heavy (non-hydrogen) atoms. The van der Waals surface area contributed by atoms with Gasteiger partial charge in [-0.1, -0.05) is 0 Å². The van der Waals surface area contributed by atoms with Crippen LogP contribution in [0.2, 0.25) is 0 Å². The van der Waals surface area contributed by atoms with Crippen molar-refractivity contribution in [2.75, 3.05) is 26.4 Å². The quantitative estimate of drug-likeness (QED) is 0.618. The summed E-state index contributed by atoms with van der Waals surface area (Å²) < 4.78 is 28.8. The maximum absolute atomic E-state index is 12.8. The van der Waals surface area contributed by atoms with E-state index in [1.54, 1.807) is 6.92 Å². The second-order valence-corrected chi connectivity index (χ2v) is 5.34. The molecule has 0 bridgehead atoms. The van der Waals surface area contributed by atoms with Crippen LogP contribution in [0, 0.1) is 5.82 Å². The topological polar surface area (TPSA) is 94.1 Å². The van der Waals surface area contributed by atoms with Crippen molar-refractivity contribution in [2.24, 2.45) is 0 Å². The summed E-state index contributed by atoms with van der Waals surface area (Å²) in [7, 11) is 0. The normalized spacial score (nSPS) is 10.1. The summed E-state index contributed by atoms with van der Waals surface area (Å²) in [6.45, 7) is 2.06. The Morgan fingerprint density at radius 1 is 1.04 bits per heavy atom. The molecule has 0 aromatic heterocycles. The number of benzene rings is 2. The van der Waals surface area contributed by atoms with Gasteiger partial charge in [-0.3, -0.25) is 4.79 Å². The van der Waals surface area contributed by atoms with Crippen molar-refractivity contribution in [2.45, 2.75) is 6.92 Å². The van der Waals surface area contributed by atoms with Crippen molar-refractivity contribution in [1.82, 2.24) is 5.32 Å². The van der Waals surface area contributed by atoms with Crippen molar-refractivity contribution < 1.29 is 33.3 Å². The molecule has 2 N–H and O–H groups in total. The zero-order chi connectivity index (χ0) is 19.6. The molecule has 0 aliphatic rings. The van der Waals surface area contributed by atoms with E-state index in [0.29, 0.717) is 17.9 Å². The number of nitrogens with one attached hydrogen (secondary N) is 1. The second kappa shape index (κ2) is 10.0.